The van der Waals surface area contributed by atoms with Gasteiger partial charge in [0.1, 0.15) is 0 Å². The Balaban J connectivity index is 1.55. The second-order valence-electron chi connectivity index (χ2n) is 6.60. The summed E-state index contributed by atoms with van der Waals surface area (Å²) in [7, 11) is 0. The zero-order chi connectivity index (χ0) is 15.8. The first-order valence-electron chi connectivity index (χ1n) is 8.60. The lowest BCUT2D eigenvalue weighted by Gasteiger charge is -2.34. The third-order valence-corrected chi connectivity index (χ3v) is 4.64. The van der Waals surface area contributed by atoms with E-state index in [0.717, 1.165) is 51.6 Å². The van der Waals surface area contributed by atoms with E-state index in [0.29, 0.717) is 6.54 Å². The molecule has 2 fully saturated rings. The van der Waals surface area contributed by atoms with Gasteiger partial charge >= 0.3 is 6.03 Å². The molecule has 0 spiro atoms. The molecule has 0 aromatic heterocycles. The average Bonchev–Trinajstić information content (AvgIpc) is 2.52. The van der Waals surface area contributed by atoms with Crippen LogP contribution < -0.4 is 5.32 Å². The van der Waals surface area contributed by atoms with Gasteiger partial charge in [-0.05, 0) is 38.3 Å². The van der Waals surface area contributed by atoms with Gasteiger partial charge in [0.15, 0.2) is 0 Å². The molecule has 2 amide bonds. The van der Waals surface area contributed by atoms with Gasteiger partial charge < -0.3 is 15.1 Å². The maximum Gasteiger partial charge on any atom is 0.317 e. The molecule has 22 heavy (non-hydrogen) atoms. The lowest BCUT2D eigenvalue weighted by Crippen LogP contribution is -2.52. The summed E-state index contributed by atoms with van der Waals surface area (Å²) in [5.41, 5.74) is 0. The number of carbonyl (C=O) groups is 1. The van der Waals surface area contributed by atoms with Crippen molar-refractivity contribution in [2.75, 3.05) is 58.9 Å². The number of piperazine rings is 1. The Kier molecular flexibility index (Phi) is 7.01. The van der Waals surface area contributed by atoms with Gasteiger partial charge in [0, 0.05) is 39.3 Å². The van der Waals surface area contributed by atoms with Crippen molar-refractivity contribution < 1.29 is 4.79 Å². The summed E-state index contributed by atoms with van der Waals surface area (Å²) in [6, 6.07) is 0.0763. The highest BCUT2D eigenvalue weighted by Gasteiger charge is 2.20. The summed E-state index contributed by atoms with van der Waals surface area (Å²) in [4.78, 5) is 18.7. The maximum atomic E-state index is 12.1. The molecule has 0 aromatic rings. The predicted octanol–water partition coefficient (Wildman–Crippen LogP) is 1.07. The molecule has 5 nitrogen and oxygen atoms in total. The monoisotopic (exact) mass is 306 g/mol. The van der Waals surface area contributed by atoms with Gasteiger partial charge in [0.25, 0.3) is 0 Å². The fourth-order valence-corrected chi connectivity index (χ4v) is 3.34. The fourth-order valence-electron chi connectivity index (χ4n) is 3.34. The number of rotatable bonds is 5. The van der Waals surface area contributed by atoms with Gasteiger partial charge in [-0.2, -0.15) is 0 Å². The zero-order valence-electron chi connectivity index (χ0n) is 13.9. The van der Waals surface area contributed by atoms with Gasteiger partial charge in [-0.15, -0.1) is 6.42 Å². The minimum Gasteiger partial charge on any atom is -0.338 e. The normalized spacial score (nSPS) is 24.0. The van der Waals surface area contributed by atoms with Crippen molar-refractivity contribution in [1.82, 2.24) is 20.0 Å². The van der Waals surface area contributed by atoms with Crippen molar-refractivity contribution in [3.05, 3.63) is 0 Å². The molecule has 2 rings (SSSR count). The van der Waals surface area contributed by atoms with Crippen molar-refractivity contribution in [3.8, 4) is 12.3 Å². The molecular weight excluding hydrogens is 276 g/mol. The smallest absolute Gasteiger partial charge is 0.317 e. The fraction of sp³-hybridized carbons (Fsp3) is 0.824. The van der Waals surface area contributed by atoms with E-state index in [1.165, 1.54) is 25.9 Å². The van der Waals surface area contributed by atoms with Gasteiger partial charge in [0.2, 0.25) is 0 Å². The molecule has 0 unspecified atom stereocenters. The van der Waals surface area contributed by atoms with Crippen molar-refractivity contribution in [2.24, 2.45) is 5.92 Å². The van der Waals surface area contributed by atoms with E-state index in [2.05, 4.69) is 28.0 Å². The van der Waals surface area contributed by atoms with E-state index in [4.69, 9.17) is 6.42 Å². The highest BCUT2D eigenvalue weighted by atomic mass is 16.2. The number of carbonyl (C=O) groups excluding carboxylic acids is 1. The summed E-state index contributed by atoms with van der Waals surface area (Å²) in [5.74, 6) is 3.48. The molecule has 2 heterocycles. The standard InChI is InChI=1S/C17H30N4O/c1-3-8-19-11-13-21(14-12-19)17(22)18-7-5-10-20-9-4-6-16(2)15-20/h1,16H,4-15H2,2H3,(H,18,22)/t16-/m0/s1. The Hall–Kier alpha value is -1.25. The Bertz CT molecular complexity index is 385. The molecule has 1 N–H and O–H groups in total. The lowest BCUT2D eigenvalue weighted by atomic mass is 10.0. The predicted molar refractivity (Wildman–Crippen MR) is 89.7 cm³/mol. The molecule has 124 valence electrons. The van der Waals surface area contributed by atoms with Crippen LogP contribution in [-0.2, 0) is 0 Å². The number of piperidine rings is 1. The van der Waals surface area contributed by atoms with Gasteiger partial charge in [-0.25, -0.2) is 4.79 Å². The molecule has 0 bridgehead atoms. The Morgan fingerprint density at radius 2 is 2.00 bits per heavy atom. The molecule has 0 aliphatic carbocycles. The topological polar surface area (TPSA) is 38.8 Å². The Morgan fingerprint density at radius 1 is 1.23 bits per heavy atom. The van der Waals surface area contributed by atoms with Crippen LogP contribution in [0.1, 0.15) is 26.2 Å². The summed E-state index contributed by atoms with van der Waals surface area (Å²) >= 11 is 0. The first kappa shape index (κ1) is 17.1. The van der Waals surface area contributed by atoms with Crippen LogP contribution in [0.2, 0.25) is 0 Å². The summed E-state index contributed by atoms with van der Waals surface area (Å²) in [6.07, 6.45) is 9.03. The number of terminal acetylenes is 1. The molecule has 0 radical (unpaired) electrons. The van der Waals surface area contributed by atoms with Crippen LogP contribution in [0.4, 0.5) is 4.79 Å². The third kappa shape index (κ3) is 5.51. The van der Waals surface area contributed by atoms with Crippen molar-refractivity contribution in [3.63, 3.8) is 0 Å². The molecule has 0 aromatic carbocycles. The zero-order valence-corrected chi connectivity index (χ0v) is 13.9. The van der Waals surface area contributed by atoms with Gasteiger partial charge in [-0.1, -0.05) is 12.8 Å². The third-order valence-electron chi connectivity index (χ3n) is 4.64. The average molecular weight is 306 g/mol. The SMILES string of the molecule is C#CCN1CCN(C(=O)NCCCN2CCC[C@H](C)C2)CC1. The minimum atomic E-state index is 0.0763. The minimum absolute atomic E-state index is 0.0763. The second-order valence-corrected chi connectivity index (χ2v) is 6.60. The molecule has 2 saturated heterocycles. The van der Waals surface area contributed by atoms with Gasteiger partial charge in [-0.3, -0.25) is 4.90 Å². The largest absolute Gasteiger partial charge is 0.338 e. The van der Waals surface area contributed by atoms with E-state index in [1.807, 2.05) is 4.90 Å². The highest BCUT2D eigenvalue weighted by Crippen LogP contribution is 2.15. The van der Waals surface area contributed by atoms with Gasteiger partial charge in [0.05, 0.1) is 6.54 Å². The molecule has 2 aliphatic rings. The molecular formula is C17H30N4O. The second kappa shape index (κ2) is 9.02. The quantitative estimate of drug-likeness (QED) is 0.610. The summed E-state index contributed by atoms with van der Waals surface area (Å²) < 4.78 is 0. The van der Waals surface area contributed by atoms with Crippen LogP contribution in [0.5, 0.6) is 0 Å². The number of hydrogen-bond acceptors (Lipinski definition) is 3. The molecule has 0 saturated carbocycles. The maximum absolute atomic E-state index is 12.1. The number of hydrogen-bond donors (Lipinski definition) is 1. The van der Waals surface area contributed by atoms with E-state index < -0.39 is 0 Å². The number of urea groups is 1. The van der Waals surface area contributed by atoms with E-state index in [9.17, 15) is 4.79 Å². The van der Waals surface area contributed by atoms with Crippen molar-refractivity contribution >= 4 is 6.03 Å². The number of amides is 2. The molecule has 2 aliphatic heterocycles. The Morgan fingerprint density at radius 3 is 2.68 bits per heavy atom. The van der Waals surface area contributed by atoms with E-state index in [1.54, 1.807) is 0 Å². The first-order valence-corrected chi connectivity index (χ1v) is 8.60. The summed E-state index contributed by atoms with van der Waals surface area (Å²) in [6.45, 7) is 10.6. The van der Waals surface area contributed by atoms with Crippen LogP contribution in [-0.4, -0.2) is 79.6 Å². The summed E-state index contributed by atoms with van der Waals surface area (Å²) in [5, 5.41) is 3.05. The van der Waals surface area contributed by atoms with Crippen molar-refractivity contribution in [2.45, 2.75) is 26.2 Å². The van der Waals surface area contributed by atoms with Crippen LogP contribution >= 0.6 is 0 Å². The number of likely N-dealkylation sites (tertiary alicyclic amines) is 1. The van der Waals surface area contributed by atoms with Crippen LogP contribution in [0.25, 0.3) is 0 Å². The van der Waals surface area contributed by atoms with Crippen LogP contribution in [0, 0.1) is 18.3 Å². The number of nitrogens with one attached hydrogen (secondary N) is 1. The number of nitrogens with zero attached hydrogens (tertiary/aromatic N) is 3. The molecule has 5 heteroatoms. The van der Waals surface area contributed by atoms with Crippen LogP contribution in [0.3, 0.4) is 0 Å². The highest BCUT2D eigenvalue weighted by molar-refractivity contribution is 5.74. The van der Waals surface area contributed by atoms with Crippen molar-refractivity contribution in [1.29, 1.82) is 0 Å². The first-order chi connectivity index (χ1) is 10.7. The molecule has 1 atom stereocenters. The van der Waals surface area contributed by atoms with Crippen LogP contribution in [0.15, 0.2) is 0 Å². The lowest BCUT2D eigenvalue weighted by molar-refractivity contribution is 0.146. The Labute approximate surface area is 135 Å². The van der Waals surface area contributed by atoms with E-state index in [-0.39, 0.29) is 6.03 Å². The van der Waals surface area contributed by atoms with E-state index >= 15 is 0 Å².